The van der Waals surface area contributed by atoms with Crippen molar-refractivity contribution < 1.29 is 22.0 Å². The lowest BCUT2D eigenvalue weighted by Gasteiger charge is -2.06. The average molecular weight is 357 g/mol. The molecule has 128 valence electrons. The Bertz CT molecular complexity index is 888. The number of carbonyl (C=O) groups excluding carboxylic acids is 1. The van der Waals surface area contributed by atoms with Gasteiger partial charge in [-0.25, -0.2) is 8.78 Å². The van der Waals surface area contributed by atoms with Crippen molar-refractivity contribution in [1.29, 1.82) is 0 Å². The maximum absolute atomic E-state index is 13.5. The molecule has 2 aromatic rings. The van der Waals surface area contributed by atoms with Crippen LogP contribution in [0.15, 0.2) is 29.1 Å². The second-order valence-corrected chi connectivity index (χ2v) is 6.29. The van der Waals surface area contributed by atoms with Gasteiger partial charge in [0.1, 0.15) is 17.3 Å². The number of anilines is 1. The van der Waals surface area contributed by atoms with Crippen LogP contribution in [0.2, 0.25) is 0 Å². The van der Waals surface area contributed by atoms with Crippen molar-refractivity contribution in [2.24, 2.45) is 0 Å². The molecule has 0 radical (unpaired) electrons. The molecule has 1 aromatic heterocycles. The zero-order valence-corrected chi connectivity index (χ0v) is 13.4. The van der Waals surface area contributed by atoms with E-state index in [9.17, 15) is 22.0 Å². The summed E-state index contributed by atoms with van der Waals surface area (Å²) in [5, 5.41) is 7.58. The van der Waals surface area contributed by atoms with Crippen LogP contribution < -0.4 is 10.0 Å². The predicted octanol–water partition coefficient (Wildman–Crippen LogP) is 1.38. The van der Waals surface area contributed by atoms with Crippen LogP contribution in [0.3, 0.4) is 0 Å². The van der Waals surface area contributed by atoms with E-state index < -0.39 is 32.5 Å². The third-order valence-electron chi connectivity index (χ3n) is 2.65. The highest BCUT2D eigenvalue weighted by atomic mass is 32.2. The third-order valence-corrected chi connectivity index (χ3v) is 3.78. The molecule has 11 heteroatoms. The summed E-state index contributed by atoms with van der Waals surface area (Å²) in [6, 6.07) is 2.91. The third kappa shape index (κ3) is 4.13. The molecule has 1 aromatic carbocycles. The smallest absolute Gasteiger partial charge is 0.299 e. The Morgan fingerprint density at radius 2 is 1.88 bits per heavy atom. The van der Waals surface area contributed by atoms with Crippen molar-refractivity contribution in [2.45, 2.75) is 19.0 Å². The zero-order chi connectivity index (χ0) is 17.9. The molecule has 24 heavy (non-hydrogen) atoms. The first-order valence-electron chi connectivity index (χ1n) is 6.54. The van der Waals surface area contributed by atoms with Crippen LogP contribution in [-0.4, -0.2) is 29.5 Å². The van der Waals surface area contributed by atoms with Crippen molar-refractivity contribution in [1.82, 2.24) is 20.5 Å². The molecule has 0 saturated heterocycles. The van der Waals surface area contributed by atoms with E-state index in [2.05, 4.69) is 20.5 Å². The van der Waals surface area contributed by atoms with Crippen LogP contribution >= 0.6 is 0 Å². The fraction of sp³-hybridized carbons (Fsp3) is 0.154. The number of hydrogen-bond acceptors (Lipinski definition) is 5. The number of para-hydroxylation sites is 1. The number of nitrogens with one attached hydrogen (secondary N) is 3. The van der Waals surface area contributed by atoms with Gasteiger partial charge in [0.25, 0.3) is 15.2 Å². The molecular weight excluding hydrogens is 344 g/mol. The van der Waals surface area contributed by atoms with Crippen LogP contribution in [0, 0.1) is 11.6 Å². The molecule has 8 nitrogen and oxygen atoms in total. The fourth-order valence-corrected chi connectivity index (χ4v) is 2.68. The summed E-state index contributed by atoms with van der Waals surface area (Å²) in [6.07, 6.45) is 1.34. The van der Waals surface area contributed by atoms with Crippen molar-refractivity contribution in [3.8, 4) is 0 Å². The number of allylic oxidation sites excluding steroid dienone is 1. The van der Waals surface area contributed by atoms with Gasteiger partial charge >= 0.3 is 0 Å². The number of carbonyl (C=O) groups is 1. The minimum atomic E-state index is -4.40. The number of aromatic nitrogens is 3. The molecular formula is C13H13F2N5O3S. The SMILES string of the molecule is CC(=O)NC(C)=Cc1nc(S(=O)(=O)Nc2c(F)cccc2F)n[nH]1. The molecule has 0 aliphatic carbocycles. The quantitative estimate of drug-likeness (QED) is 0.747. The second-order valence-electron chi connectivity index (χ2n) is 4.71. The molecule has 0 atom stereocenters. The van der Waals surface area contributed by atoms with Crippen LogP contribution in [0.5, 0.6) is 0 Å². The maximum Gasteiger partial charge on any atom is 0.299 e. The van der Waals surface area contributed by atoms with Gasteiger partial charge in [0, 0.05) is 18.7 Å². The van der Waals surface area contributed by atoms with E-state index in [0.717, 1.165) is 18.2 Å². The number of sulfonamides is 1. The van der Waals surface area contributed by atoms with Crippen LogP contribution in [0.4, 0.5) is 14.5 Å². The summed E-state index contributed by atoms with van der Waals surface area (Å²) >= 11 is 0. The molecule has 0 bridgehead atoms. The minimum absolute atomic E-state index is 0.0376. The summed E-state index contributed by atoms with van der Waals surface area (Å²) in [5.74, 6) is -2.42. The van der Waals surface area contributed by atoms with Crippen molar-refractivity contribution in [2.75, 3.05) is 4.72 Å². The van der Waals surface area contributed by atoms with Gasteiger partial charge in [-0.05, 0) is 19.1 Å². The molecule has 0 aliphatic heterocycles. The van der Waals surface area contributed by atoms with E-state index in [4.69, 9.17) is 0 Å². The highest BCUT2D eigenvalue weighted by molar-refractivity contribution is 7.92. The molecule has 0 unspecified atom stereocenters. The summed E-state index contributed by atoms with van der Waals surface area (Å²) < 4.78 is 53.0. The Kier molecular flexibility index (Phi) is 4.93. The van der Waals surface area contributed by atoms with Gasteiger partial charge in [-0.15, -0.1) is 5.10 Å². The van der Waals surface area contributed by atoms with E-state index in [1.807, 2.05) is 0 Å². The van der Waals surface area contributed by atoms with Crippen molar-refractivity contribution in [3.05, 3.63) is 41.4 Å². The average Bonchev–Trinajstić information content (AvgIpc) is 2.91. The topological polar surface area (TPSA) is 117 Å². The number of benzene rings is 1. The van der Waals surface area contributed by atoms with Gasteiger partial charge in [-0.1, -0.05) is 6.07 Å². The summed E-state index contributed by atoms with van der Waals surface area (Å²) in [6.45, 7) is 2.87. The van der Waals surface area contributed by atoms with Gasteiger partial charge < -0.3 is 5.32 Å². The number of rotatable bonds is 5. The molecule has 0 spiro atoms. The zero-order valence-electron chi connectivity index (χ0n) is 12.6. The Hall–Kier alpha value is -2.82. The predicted molar refractivity (Wildman–Crippen MR) is 81.0 cm³/mol. The van der Waals surface area contributed by atoms with E-state index in [0.29, 0.717) is 5.70 Å². The summed E-state index contributed by atoms with van der Waals surface area (Å²) in [4.78, 5) is 14.6. The summed E-state index contributed by atoms with van der Waals surface area (Å²) in [7, 11) is -4.40. The van der Waals surface area contributed by atoms with Gasteiger partial charge in [-0.3, -0.25) is 14.6 Å². The number of amides is 1. The second kappa shape index (κ2) is 6.74. The maximum atomic E-state index is 13.5. The summed E-state index contributed by atoms with van der Waals surface area (Å²) in [5.41, 5.74) is -0.426. The van der Waals surface area contributed by atoms with E-state index in [1.54, 1.807) is 11.6 Å². The molecule has 0 aliphatic rings. The number of nitrogens with zero attached hydrogens (tertiary/aromatic N) is 2. The first-order chi connectivity index (χ1) is 11.2. The van der Waals surface area contributed by atoms with Gasteiger partial charge in [0.15, 0.2) is 5.82 Å². The van der Waals surface area contributed by atoms with Gasteiger partial charge in [0.05, 0.1) is 0 Å². The Morgan fingerprint density at radius 1 is 1.25 bits per heavy atom. The molecule has 1 amide bonds. The van der Waals surface area contributed by atoms with E-state index >= 15 is 0 Å². The van der Waals surface area contributed by atoms with Gasteiger partial charge in [0.2, 0.25) is 5.91 Å². The first kappa shape index (κ1) is 17.5. The largest absolute Gasteiger partial charge is 0.330 e. The Balaban J connectivity index is 2.27. The lowest BCUT2D eigenvalue weighted by molar-refractivity contribution is -0.118. The first-order valence-corrected chi connectivity index (χ1v) is 8.02. The lowest BCUT2D eigenvalue weighted by Crippen LogP contribution is -2.17. The molecule has 1 heterocycles. The van der Waals surface area contributed by atoms with E-state index in [-0.39, 0.29) is 11.7 Å². The lowest BCUT2D eigenvalue weighted by atomic mass is 10.3. The van der Waals surface area contributed by atoms with E-state index in [1.165, 1.54) is 13.0 Å². The monoisotopic (exact) mass is 357 g/mol. The fourth-order valence-electron chi connectivity index (χ4n) is 1.74. The molecule has 0 saturated carbocycles. The number of hydrogen-bond donors (Lipinski definition) is 3. The van der Waals surface area contributed by atoms with Crippen molar-refractivity contribution >= 4 is 27.7 Å². The number of H-pyrrole nitrogens is 1. The van der Waals surface area contributed by atoms with Crippen molar-refractivity contribution in [3.63, 3.8) is 0 Å². The Labute approximate surface area is 136 Å². The number of aromatic amines is 1. The standard InChI is InChI=1S/C13H13F2N5O3S/c1-7(16-8(2)21)6-11-17-13(19-18-11)24(22,23)20-12-9(14)4-3-5-10(12)15/h3-6,20H,1-2H3,(H,16,21)(H,17,18,19). The highest BCUT2D eigenvalue weighted by Gasteiger charge is 2.23. The van der Waals surface area contributed by atoms with Crippen LogP contribution in [-0.2, 0) is 14.8 Å². The highest BCUT2D eigenvalue weighted by Crippen LogP contribution is 2.21. The molecule has 0 fully saturated rings. The van der Waals surface area contributed by atoms with Crippen LogP contribution in [0.25, 0.3) is 6.08 Å². The molecule has 2 rings (SSSR count). The number of halogens is 2. The molecule has 3 N–H and O–H groups in total. The minimum Gasteiger partial charge on any atom is -0.330 e. The normalized spacial score (nSPS) is 12.1. The van der Waals surface area contributed by atoms with Crippen LogP contribution in [0.1, 0.15) is 19.7 Å². The Morgan fingerprint density at radius 3 is 2.46 bits per heavy atom. The van der Waals surface area contributed by atoms with Gasteiger partial charge in [-0.2, -0.15) is 13.4 Å².